The van der Waals surface area contributed by atoms with E-state index in [0.29, 0.717) is 0 Å². The molecule has 4 heteroatoms. The average Bonchev–Trinajstić information content (AvgIpc) is 0. The Morgan fingerprint density at radius 1 is 0.750 bits per heavy atom. The van der Waals surface area contributed by atoms with Crippen LogP contribution in [0.25, 0.3) is 0 Å². The third kappa shape index (κ3) is 9.68. The van der Waals surface area contributed by atoms with Gasteiger partial charge in [-0.05, 0) is 0 Å². The van der Waals surface area contributed by atoms with Gasteiger partial charge in [-0.1, -0.05) is 0 Å². The number of rotatable bonds is 0. The van der Waals surface area contributed by atoms with E-state index >= 15 is 0 Å². The normalized spacial score (nSPS) is 0. The minimum absolute atomic E-state index is 0. The second-order valence-corrected chi connectivity index (χ2v) is 0. The van der Waals surface area contributed by atoms with E-state index in [1.807, 2.05) is 0 Å². The van der Waals surface area contributed by atoms with Gasteiger partial charge in [0.15, 0.2) is 0 Å². The summed E-state index contributed by atoms with van der Waals surface area (Å²) in [6.45, 7) is 0. The first-order valence-electron chi connectivity index (χ1n) is 0. The molecule has 0 bridgehead atoms. The van der Waals surface area contributed by atoms with Crippen LogP contribution in [0.4, 0.5) is 0 Å². The van der Waals surface area contributed by atoms with Gasteiger partial charge in [-0.25, -0.2) is 0 Å². The van der Waals surface area contributed by atoms with Crippen LogP contribution in [0.2, 0.25) is 0 Å². The zero-order valence-corrected chi connectivity index (χ0v) is 6.80. The topological polar surface area (TPSA) is 57.0 Å². The van der Waals surface area contributed by atoms with Gasteiger partial charge < -0.3 is 11.0 Å². The summed E-state index contributed by atoms with van der Waals surface area (Å²) < 4.78 is 0. The quantitative estimate of drug-likeness (QED) is 0.534. The third-order valence-electron chi connectivity index (χ3n) is 0. The molecule has 0 aliphatic carbocycles. The van der Waals surface area contributed by atoms with Crippen molar-refractivity contribution in [2.24, 2.45) is 0 Å². The molecule has 0 heterocycles. The fourth-order valence-corrected chi connectivity index (χ4v) is 0. The zero-order chi connectivity index (χ0) is 0. The van der Waals surface area contributed by atoms with E-state index in [2.05, 4.69) is 0 Å². The van der Waals surface area contributed by atoms with Crippen molar-refractivity contribution in [1.29, 1.82) is 0 Å². The smallest absolute Gasteiger partial charge is 2.00 e. The molecule has 0 saturated carbocycles. The van der Waals surface area contributed by atoms with Gasteiger partial charge in [0.1, 0.15) is 0 Å². The van der Waals surface area contributed by atoms with Crippen LogP contribution in [0.5, 0.6) is 0 Å². The van der Waals surface area contributed by atoms with Crippen LogP contribution in [-0.2, 0) is 32.7 Å². The SMILES string of the molecule is [Bi].[O-2].[O-2].[Ti+4]. The standard InChI is InChI=1S/Bi.2O.Ti/q;2*-2;+4. The van der Waals surface area contributed by atoms with Crippen molar-refractivity contribution >= 4 is 26.2 Å². The Bertz CT molecular complexity index is 6.00. The summed E-state index contributed by atoms with van der Waals surface area (Å²) >= 11 is 0. The minimum Gasteiger partial charge on any atom is -2.00 e. The predicted octanol–water partition coefficient (Wildman–Crippen LogP) is -0.621. The van der Waals surface area contributed by atoms with Crippen molar-refractivity contribution in [1.82, 2.24) is 0 Å². The second-order valence-electron chi connectivity index (χ2n) is 0. The minimum atomic E-state index is 0. The molecule has 0 unspecified atom stereocenters. The molecule has 0 N–H and O–H groups in total. The van der Waals surface area contributed by atoms with Gasteiger partial charge in [0, 0.05) is 26.2 Å². The molecule has 0 atom stereocenters. The van der Waals surface area contributed by atoms with E-state index in [4.69, 9.17) is 0 Å². The molecule has 0 aromatic carbocycles. The van der Waals surface area contributed by atoms with Gasteiger partial charge >= 0.3 is 21.7 Å². The van der Waals surface area contributed by atoms with E-state index in [1.54, 1.807) is 0 Å². The monoisotopic (exact) mass is 289 g/mol. The Morgan fingerprint density at radius 3 is 0.750 bits per heavy atom. The van der Waals surface area contributed by atoms with Crippen LogP contribution in [0.3, 0.4) is 0 Å². The van der Waals surface area contributed by atoms with Gasteiger partial charge in [0.05, 0.1) is 0 Å². The molecule has 0 fully saturated rings. The number of hydrogen-bond donors (Lipinski definition) is 0. The van der Waals surface area contributed by atoms with E-state index in [0.717, 1.165) is 0 Å². The summed E-state index contributed by atoms with van der Waals surface area (Å²) in [6.07, 6.45) is 0. The molecule has 21 valence electrons. The van der Waals surface area contributed by atoms with Crippen LogP contribution < -0.4 is 0 Å². The molecule has 0 amide bonds. The average molecular weight is 289 g/mol. The summed E-state index contributed by atoms with van der Waals surface area (Å²) in [7, 11) is 0. The van der Waals surface area contributed by atoms with Crippen LogP contribution >= 0.6 is 0 Å². The molecule has 0 aromatic rings. The van der Waals surface area contributed by atoms with Crippen LogP contribution in [0.1, 0.15) is 0 Å². The van der Waals surface area contributed by atoms with Gasteiger partial charge in [-0.15, -0.1) is 0 Å². The van der Waals surface area contributed by atoms with Crippen molar-refractivity contribution in [2.75, 3.05) is 0 Å². The molecular formula is BiO2Ti. The summed E-state index contributed by atoms with van der Waals surface area (Å²) in [5.41, 5.74) is 0. The summed E-state index contributed by atoms with van der Waals surface area (Å²) in [5.74, 6) is 0. The Labute approximate surface area is 58.6 Å². The van der Waals surface area contributed by atoms with Crippen LogP contribution in [-0.4, -0.2) is 26.2 Å². The molecule has 3 radical (unpaired) electrons. The largest absolute Gasteiger partial charge is 4.00 e. The van der Waals surface area contributed by atoms with E-state index in [-0.39, 0.29) is 58.9 Å². The second kappa shape index (κ2) is 24.3. The molecule has 2 nitrogen and oxygen atoms in total. The number of hydrogen-bond acceptors (Lipinski definition) is 0. The first-order chi connectivity index (χ1) is 0. The summed E-state index contributed by atoms with van der Waals surface area (Å²) in [6, 6.07) is 0. The van der Waals surface area contributed by atoms with E-state index in [9.17, 15) is 0 Å². The van der Waals surface area contributed by atoms with Gasteiger partial charge in [0.25, 0.3) is 0 Å². The van der Waals surface area contributed by atoms with Crippen molar-refractivity contribution in [3.05, 3.63) is 0 Å². The third-order valence-corrected chi connectivity index (χ3v) is 0. The molecule has 0 aromatic heterocycles. The summed E-state index contributed by atoms with van der Waals surface area (Å²) in [4.78, 5) is 0. The Hall–Kier alpha value is 1.52. The molecule has 0 saturated heterocycles. The zero-order valence-electron chi connectivity index (χ0n) is 1.76. The Morgan fingerprint density at radius 2 is 0.750 bits per heavy atom. The first-order valence-corrected chi connectivity index (χ1v) is 0. The van der Waals surface area contributed by atoms with E-state index < -0.39 is 0 Å². The molecule has 0 aliphatic heterocycles. The van der Waals surface area contributed by atoms with Crippen molar-refractivity contribution < 1.29 is 32.7 Å². The summed E-state index contributed by atoms with van der Waals surface area (Å²) in [5, 5.41) is 0. The maximum Gasteiger partial charge on any atom is 4.00 e. The molecule has 4 heavy (non-hydrogen) atoms. The van der Waals surface area contributed by atoms with Gasteiger partial charge in [-0.3, -0.25) is 0 Å². The van der Waals surface area contributed by atoms with E-state index in [1.165, 1.54) is 0 Å². The van der Waals surface area contributed by atoms with Crippen molar-refractivity contribution in [2.45, 2.75) is 0 Å². The Kier molecular flexibility index (Phi) is 297. The van der Waals surface area contributed by atoms with Crippen molar-refractivity contribution in [3.8, 4) is 0 Å². The van der Waals surface area contributed by atoms with Gasteiger partial charge in [-0.2, -0.15) is 0 Å². The maximum absolute atomic E-state index is 0. The van der Waals surface area contributed by atoms with Crippen LogP contribution in [0.15, 0.2) is 0 Å². The van der Waals surface area contributed by atoms with Crippen molar-refractivity contribution in [3.63, 3.8) is 0 Å². The molecule has 0 aliphatic rings. The first kappa shape index (κ1) is 48.9. The fourth-order valence-electron chi connectivity index (χ4n) is 0. The molecule has 0 spiro atoms. The fraction of sp³-hybridized carbons (Fsp3) is 0. The van der Waals surface area contributed by atoms with Gasteiger partial charge in [0.2, 0.25) is 0 Å². The molecular weight excluding hydrogens is 289 g/mol. The maximum atomic E-state index is 0. The van der Waals surface area contributed by atoms with Crippen LogP contribution in [0, 0.1) is 0 Å². The predicted molar refractivity (Wildman–Crippen MR) is 7.13 cm³/mol. The molecule has 0 rings (SSSR count). The Balaban J connectivity index is 0.